The van der Waals surface area contributed by atoms with E-state index in [1.54, 1.807) is 19.1 Å². The molecule has 1 saturated heterocycles. The summed E-state index contributed by atoms with van der Waals surface area (Å²) in [5, 5.41) is 9.55. The minimum Gasteiger partial charge on any atom is -0.480 e. The summed E-state index contributed by atoms with van der Waals surface area (Å²) < 4.78 is 13.7. The van der Waals surface area contributed by atoms with Crippen molar-refractivity contribution in [2.75, 3.05) is 6.54 Å². The molecule has 2 atom stereocenters. The lowest BCUT2D eigenvalue weighted by Crippen LogP contribution is -2.55. The molecule has 0 aromatic heterocycles. The highest BCUT2D eigenvalue weighted by Gasteiger charge is 2.43. The Morgan fingerprint density at radius 2 is 2.20 bits per heavy atom. The summed E-state index contributed by atoms with van der Waals surface area (Å²) in [5.74, 6) is -1.09. The molecule has 1 heterocycles. The van der Waals surface area contributed by atoms with Gasteiger partial charge in [0.15, 0.2) is 0 Å². The van der Waals surface area contributed by atoms with Gasteiger partial charge < -0.3 is 5.11 Å². The number of rotatable bonds is 3. The number of carboxylic acids is 1. The molecule has 1 aromatic rings. The molecule has 0 saturated carbocycles. The molecule has 3 nitrogen and oxygen atoms in total. The predicted molar refractivity (Wildman–Crippen MR) is 79.1 cm³/mol. The first-order chi connectivity index (χ1) is 9.36. The summed E-state index contributed by atoms with van der Waals surface area (Å²) in [6.45, 7) is 4.51. The average Bonchev–Trinajstić information content (AvgIpc) is 2.41. The number of hydrogen-bond donors (Lipinski definition) is 1. The lowest BCUT2D eigenvalue weighted by Gasteiger charge is -2.45. The first-order valence-corrected chi connectivity index (χ1v) is 7.60. The molecule has 1 aliphatic rings. The van der Waals surface area contributed by atoms with Gasteiger partial charge in [-0.1, -0.05) is 6.07 Å². The van der Waals surface area contributed by atoms with Gasteiger partial charge in [0.2, 0.25) is 0 Å². The van der Waals surface area contributed by atoms with E-state index in [1.807, 2.05) is 11.8 Å². The predicted octanol–water partition coefficient (Wildman–Crippen LogP) is 3.98. The fourth-order valence-electron chi connectivity index (χ4n) is 2.94. The smallest absolute Gasteiger partial charge is 0.323 e. The van der Waals surface area contributed by atoms with E-state index in [-0.39, 0.29) is 11.9 Å². The molecule has 1 N–H and O–H groups in total. The molecular weight excluding hydrogens is 325 g/mol. The number of piperidine rings is 1. The third-order valence-corrected chi connectivity index (χ3v) is 4.91. The molecule has 110 valence electrons. The van der Waals surface area contributed by atoms with E-state index in [4.69, 9.17) is 0 Å². The van der Waals surface area contributed by atoms with Gasteiger partial charge in [-0.15, -0.1) is 0 Å². The van der Waals surface area contributed by atoms with E-state index in [0.29, 0.717) is 10.9 Å². The fourth-order valence-corrected chi connectivity index (χ4v) is 3.34. The monoisotopic (exact) mass is 343 g/mol. The molecule has 2 rings (SSSR count). The molecule has 5 heteroatoms. The van der Waals surface area contributed by atoms with Crippen molar-refractivity contribution in [2.24, 2.45) is 0 Å². The largest absolute Gasteiger partial charge is 0.480 e. The summed E-state index contributed by atoms with van der Waals surface area (Å²) in [4.78, 5) is 13.6. The molecule has 0 bridgehead atoms. The van der Waals surface area contributed by atoms with Gasteiger partial charge in [0, 0.05) is 6.04 Å². The maximum absolute atomic E-state index is 13.3. The van der Waals surface area contributed by atoms with E-state index in [9.17, 15) is 14.3 Å². The van der Waals surface area contributed by atoms with Crippen LogP contribution in [0.5, 0.6) is 0 Å². The van der Waals surface area contributed by atoms with Gasteiger partial charge in [-0.3, -0.25) is 9.69 Å². The molecule has 2 unspecified atom stereocenters. The Morgan fingerprint density at radius 3 is 2.80 bits per heavy atom. The Bertz CT molecular complexity index is 523. The van der Waals surface area contributed by atoms with Crippen LogP contribution >= 0.6 is 15.9 Å². The highest BCUT2D eigenvalue weighted by molar-refractivity contribution is 9.10. The third-order valence-electron chi connectivity index (χ3n) is 4.30. The zero-order chi connectivity index (χ0) is 14.9. The maximum Gasteiger partial charge on any atom is 0.323 e. The van der Waals surface area contributed by atoms with Gasteiger partial charge in [0.1, 0.15) is 11.4 Å². The van der Waals surface area contributed by atoms with Crippen LogP contribution in [0.2, 0.25) is 0 Å². The van der Waals surface area contributed by atoms with Crippen molar-refractivity contribution in [3.63, 3.8) is 0 Å². The topological polar surface area (TPSA) is 40.5 Å². The fraction of sp³-hybridized carbons (Fsp3) is 0.533. The summed E-state index contributed by atoms with van der Waals surface area (Å²) in [6.07, 6.45) is 2.57. The van der Waals surface area contributed by atoms with E-state index in [2.05, 4.69) is 15.9 Å². The molecule has 1 aliphatic heterocycles. The zero-order valence-electron chi connectivity index (χ0n) is 11.7. The number of carboxylic acid groups (broad SMARTS) is 1. The normalized spacial score (nSPS) is 25.4. The molecule has 0 spiro atoms. The van der Waals surface area contributed by atoms with Crippen LogP contribution in [0.4, 0.5) is 4.39 Å². The minimum atomic E-state index is -0.849. The first kappa shape index (κ1) is 15.4. The van der Waals surface area contributed by atoms with Gasteiger partial charge in [0.25, 0.3) is 0 Å². The SMILES string of the molecule is CC(c1ccc(F)c(Br)c1)N1CCCCC1(C)C(=O)O. The Hall–Kier alpha value is -0.940. The van der Waals surface area contributed by atoms with Crippen LogP contribution in [-0.4, -0.2) is 28.1 Å². The van der Waals surface area contributed by atoms with Gasteiger partial charge in [-0.05, 0) is 73.3 Å². The minimum absolute atomic E-state index is 0.0618. The Labute approximate surface area is 126 Å². The molecule has 0 radical (unpaired) electrons. The summed E-state index contributed by atoms with van der Waals surface area (Å²) in [5.41, 5.74) is 0.0751. The molecule has 1 fully saturated rings. The molecular formula is C15H19BrFNO2. The van der Waals surface area contributed by atoms with Gasteiger partial charge in [0.05, 0.1) is 4.47 Å². The highest BCUT2D eigenvalue weighted by atomic mass is 79.9. The van der Waals surface area contributed by atoms with Crippen molar-refractivity contribution in [3.05, 3.63) is 34.1 Å². The number of hydrogen-bond acceptors (Lipinski definition) is 2. The second-order valence-electron chi connectivity index (χ2n) is 5.58. The number of carbonyl (C=O) groups is 1. The van der Waals surface area contributed by atoms with Gasteiger partial charge in [-0.2, -0.15) is 0 Å². The molecule has 1 aromatic carbocycles. The Kier molecular flexibility index (Phi) is 4.49. The second-order valence-corrected chi connectivity index (χ2v) is 6.43. The molecule has 0 aliphatic carbocycles. The van der Waals surface area contributed by atoms with Crippen LogP contribution in [0.3, 0.4) is 0 Å². The van der Waals surface area contributed by atoms with Crippen LogP contribution < -0.4 is 0 Å². The highest BCUT2D eigenvalue weighted by Crippen LogP contribution is 2.36. The second kappa shape index (κ2) is 5.82. The number of benzene rings is 1. The first-order valence-electron chi connectivity index (χ1n) is 6.81. The van der Waals surface area contributed by atoms with Crippen molar-refractivity contribution in [1.82, 2.24) is 4.90 Å². The van der Waals surface area contributed by atoms with Crippen molar-refractivity contribution >= 4 is 21.9 Å². The maximum atomic E-state index is 13.3. The Balaban J connectivity index is 2.32. The van der Waals surface area contributed by atoms with Gasteiger partial charge >= 0.3 is 5.97 Å². The average molecular weight is 344 g/mol. The molecule has 20 heavy (non-hydrogen) atoms. The standard InChI is InChI=1S/C15H19BrFNO2/c1-10(11-5-6-13(17)12(16)9-11)18-8-4-3-7-15(18,2)14(19)20/h5-6,9-10H,3-4,7-8H2,1-2H3,(H,19,20). The van der Waals surface area contributed by atoms with Gasteiger partial charge in [-0.25, -0.2) is 4.39 Å². The van der Waals surface area contributed by atoms with Crippen LogP contribution in [0.25, 0.3) is 0 Å². The summed E-state index contributed by atoms with van der Waals surface area (Å²) >= 11 is 3.19. The van der Waals surface area contributed by atoms with Crippen molar-refractivity contribution < 1.29 is 14.3 Å². The van der Waals surface area contributed by atoms with E-state index >= 15 is 0 Å². The number of likely N-dealkylation sites (tertiary alicyclic amines) is 1. The third kappa shape index (κ3) is 2.74. The van der Waals surface area contributed by atoms with E-state index in [1.165, 1.54) is 6.07 Å². The zero-order valence-corrected chi connectivity index (χ0v) is 13.3. The van der Waals surface area contributed by atoms with Crippen molar-refractivity contribution in [1.29, 1.82) is 0 Å². The molecule has 0 amide bonds. The lowest BCUT2D eigenvalue weighted by molar-refractivity contribution is -0.155. The number of aliphatic carboxylic acids is 1. The Morgan fingerprint density at radius 1 is 1.50 bits per heavy atom. The number of halogens is 2. The van der Waals surface area contributed by atoms with Crippen LogP contribution in [0.1, 0.15) is 44.7 Å². The van der Waals surface area contributed by atoms with E-state index < -0.39 is 11.5 Å². The van der Waals surface area contributed by atoms with Crippen LogP contribution in [-0.2, 0) is 4.79 Å². The van der Waals surface area contributed by atoms with Crippen molar-refractivity contribution in [2.45, 2.75) is 44.7 Å². The quantitative estimate of drug-likeness (QED) is 0.902. The summed E-state index contributed by atoms with van der Waals surface area (Å²) in [7, 11) is 0. The summed E-state index contributed by atoms with van der Waals surface area (Å²) in [6, 6.07) is 4.81. The lowest BCUT2D eigenvalue weighted by atomic mass is 9.86. The number of nitrogens with zero attached hydrogens (tertiary/aromatic N) is 1. The van der Waals surface area contributed by atoms with Crippen LogP contribution in [0, 0.1) is 5.82 Å². The van der Waals surface area contributed by atoms with Crippen LogP contribution in [0.15, 0.2) is 22.7 Å². The van der Waals surface area contributed by atoms with E-state index in [0.717, 1.165) is 24.9 Å². The van der Waals surface area contributed by atoms with Crippen molar-refractivity contribution in [3.8, 4) is 0 Å².